The summed E-state index contributed by atoms with van der Waals surface area (Å²) in [5.74, 6) is -2.34. The summed E-state index contributed by atoms with van der Waals surface area (Å²) >= 11 is 0. The first-order chi connectivity index (χ1) is 8.30. The number of pyridine rings is 1. The van der Waals surface area contributed by atoms with Crippen LogP contribution in [0.3, 0.4) is 0 Å². The molecule has 3 N–H and O–H groups in total. The predicted octanol–water partition coefficient (Wildman–Crippen LogP) is 0.519. The van der Waals surface area contributed by atoms with Crippen molar-refractivity contribution in [3.05, 3.63) is 27.7 Å². The highest BCUT2D eigenvalue weighted by Crippen LogP contribution is 2.22. The Morgan fingerprint density at radius 2 is 2.11 bits per heavy atom. The van der Waals surface area contributed by atoms with Gasteiger partial charge in [-0.3, -0.25) is 4.79 Å². The molecule has 100 valence electrons. The van der Waals surface area contributed by atoms with E-state index in [0.29, 0.717) is 0 Å². The number of esters is 1. The van der Waals surface area contributed by atoms with Gasteiger partial charge in [-0.25, -0.2) is 4.79 Å². The molecule has 0 atom stereocenters. The molecule has 1 heterocycles. The van der Waals surface area contributed by atoms with E-state index in [1.165, 1.54) is 0 Å². The predicted molar refractivity (Wildman–Crippen MR) is 53.0 cm³/mol. The van der Waals surface area contributed by atoms with Gasteiger partial charge in [0.25, 0.3) is 0 Å². The van der Waals surface area contributed by atoms with E-state index in [1.807, 2.05) is 0 Å². The summed E-state index contributed by atoms with van der Waals surface area (Å²) in [6.45, 7) is -0.301. The van der Waals surface area contributed by atoms with Crippen molar-refractivity contribution in [1.82, 2.24) is 4.98 Å². The highest BCUT2D eigenvalue weighted by Gasteiger charge is 2.35. The standard InChI is InChI=1S/C9H9F3N2O4/c1-17-8(16)5-7(18-9(10,11)12)6(15)4(2-13)3-14-5/h3H,2,13H2,1H3,(H,14,15). The number of aromatic nitrogens is 1. The molecule has 0 unspecified atom stereocenters. The lowest BCUT2D eigenvalue weighted by Crippen LogP contribution is -2.27. The summed E-state index contributed by atoms with van der Waals surface area (Å²) in [6.07, 6.45) is -4.08. The van der Waals surface area contributed by atoms with Gasteiger partial charge in [0.1, 0.15) is 0 Å². The molecular formula is C9H9F3N2O4. The van der Waals surface area contributed by atoms with E-state index in [1.54, 1.807) is 0 Å². The molecule has 1 aromatic heterocycles. The highest BCUT2D eigenvalue weighted by atomic mass is 19.4. The fourth-order valence-corrected chi connectivity index (χ4v) is 1.17. The molecule has 0 amide bonds. The van der Waals surface area contributed by atoms with Crippen molar-refractivity contribution >= 4 is 5.97 Å². The summed E-state index contributed by atoms with van der Waals surface area (Å²) in [7, 11) is 0.953. The second-order valence-electron chi connectivity index (χ2n) is 3.09. The van der Waals surface area contributed by atoms with Crippen molar-refractivity contribution in [3.63, 3.8) is 0 Å². The second-order valence-corrected chi connectivity index (χ2v) is 3.09. The van der Waals surface area contributed by atoms with Gasteiger partial charge >= 0.3 is 12.3 Å². The van der Waals surface area contributed by atoms with E-state index < -0.39 is 29.2 Å². The third kappa shape index (κ3) is 3.00. The van der Waals surface area contributed by atoms with Crippen LogP contribution in [0, 0.1) is 0 Å². The number of nitrogens with two attached hydrogens (primary N) is 1. The molecule has 0 spiro atoms. The van der Waals surface area contributed by atoms with Gasteiger partial charge in [-0.15, -0.1) is 13.2 Å². The lowest BCUT2D eigenvalue weighted by Gasteiger charge is -2.12. The molecule has 6 nitrogen and oxygen atoms in total. The number of rotatable bonds is 3. The van der Waals surface area contributed by atoms with Gasteiger partial charge in [0.15, 0.2) is 5.69 Å². The van der Waals surface area contributed by atoms with Crippen LogP contribution < -0.4 is 15.9 Å². The largest absolute Gasteiger partial charge is 0.573 e. The lowest BCUT2D eigenvalue weighted by atomic mass is 10.2. The van der Waals surface area contributed by atoms with Crippen LogP contribution in [0.5, 0.6) is 5.75 Å². The Bertz CT molecular complexity index is 510. The topological polar surface area (TPSA) is 94.4 Å². The Morgan fingerprint density at radius 3 is 2.56 bits per heavy atom. The molecule has 0 bridgehead atoms. The summed E-state index contributed by atoms with van der Waals surface area (Å²) in [4.78, 5) is 25.0. The van der Waals surface area contributed by atoms with Gasteiger partial charge in [-0.1, -0.05) is 0 Å². The quantitative estimate of drug-likeness (QED) is 0.778. The SMILES string of the molecule is COC(=O)c1[nH]cc(CN)c(=O)c1OC(F)(F)F. The molecule has 9 heteroatoms. The molecule has 1 rings (SSSR count). The highest BCUT2D eigenvalue weighted by molar-refractivity contribution is 5.90. The maximum atomic E-state index is 12.1. The molecule has 0 saturated carbocycles. The van der Waals surface area contributed by atoms with Gasteiger partial charge in [0.05, 0.1) is 7.11 Å². The van der Waals surface area contributed by atoms with Crippen LogP contribution in [0.4, 0.5) is 13.2 Å². The number of carbonyl (C=O) groups is 1. The fourth-order valence-electron chi connectivity index (χ4n) is 1.17. The van der Waals surface area contributed by atoms with Crippen molar-refractivity contribution in [2.24, 2.45) is 5.73 Å². The Morgan fingerprint density at radius 1 is 1.50 bits per heavy atom. The number of hydrogen-bond acceptors (Lipinski definition) is 5. The molecule has 0 aliphatic rings. The summed E-state index contributed by atoms with van der Waals surface area (Å²) in [6, 6.07) is 0. The van der Waals surface area contributed by atoms with Crippen LogP contribution in [-0.2, 0) is 11.3 Å². The molecule has 0 fully saturated rings. The van der Waals surface area contributed by atoms with Gasteiger partial charge in [0.2, 0.25) is 11.2 Å². The minimum Gasteiger partial charge on any atom is -0.464 e. The van der Waals surface area contributed by atoms with Gasteiger partial charge in [0, 0.05) is 18.3 Å². The number of hydrogen-bond donors (Lipinski definition) is 2. The van der Waals surface area contributed by atoms with E-state index in [-0.39, 0.29) is 12.1 Å². The van der Waals surface area contributed by atoms with Crippen molar-refractivity contribution in [1.29, 1.82) is 0 Å². The monoisotopic (exact) mass is 266 g/mol. The first-order valence-electron chi connectivity index (χ1n) is 4.58. The Balaban J connectivity index is 3.40. The van der Waals surface area contributed by atoms with Crippen molar-refractivity contribution in [2.45, 2.75) is 12.9 Å². The maximum Gasteiger partial charge on any atom is 0.573 e. The summed E-state index contributed by atoms with van der Waals surface area (Å²) < 4.78 is 44.2. The maximum absolute atomic E-state index is 12.1. The molecule has 0 aliphatic carbocycles. The minimum atomic E-state index is -5.11. The van der Waals surface area contributed by atoms with Crippen molar-refractivity contribution in [2.75, 3.05) is 7.11 Å². The number of halogens is 3. The van der Waals surface area contributed by atoms with Crippen molar-refractivity contribution < 1.29 is 27.4 Å². The molecule has 1 aromatic rings. The van der Waals surface area contributed by atoms with Crippen LogP contribution in [0.25, 0.3) is 0 Å². The molecule has 0 saturated heterocycles. The van der Waals surface area contributed by atoms with E-state index in [4.69, 9.17) is 5.73 Å². The van der Waals surface area contributed by atoms with Crippen LogP contribution >= 0.6 is 0 Å². The van der Waals surface area contributed by atoms with Crippen molar-refractivity contribution in [3.8, 4) is 5.75 Å². The third-order valence-corrected chi connectivity index (χ3v) is 1.94. The smallest absolute Gasteiger partial charge is 0.464 e. The normalized spacial score (nSPS) is 11.2. The van der Waals surface area contributed by atoms with Crippen LogP contribution in [0.1, 0.15) is 16.1 Å². The number of alkyl halides is 3. The van der Waals surface area contributed by atoms with Crippen LogP contribution in [-0.4, -0.2) is 24.4 Å². The summed E-state index contributed by atoms with van der Waals surface area (Å²) in [5, 5.41) is 0. The molecule has 18 heavy (non-hydrogen) atoms. The van der Waals surface area contributed by atoms with Gasteiger partial charge in [-0.05, 0) is 0 Å². The van der Waals surface area contributed by atoms with Crippen LogP contribution in [0.2, 0.25) is 0 Å². The van der Waals surface area contributed by atoms with E-state index in [9.17, 15) is 22.8 Å². The minimum absolute atomic E-state index is 0.151. The first kappa shape index (κ1) is 14.0. The van der Waals surface area contributed by atoms with Crippen LogP contribution in [0.15, 0.2) is 11.0 Å². The Kier molecular flexibility index (Phi) is 3.96. The number of carbonyl (C=O) groups excluding carboxylic acids is 1. The number of nitrogens with one attached hydrogen (secondary N) is 1. The van der Waals surface area contributed by atoms with E-state index in [0.717, 1.165) is 13.3 Å². The summed E-state index contributed by atoms with van der Waals surface area (Å²) in [5.41, 5.74) is 3.18. The number of H-pyrrole nitrogens is 1. The zero-order valence-corrected chi connectivity index (χ0v) is 9.13. The molecule has 0 aromatic carbocycles. The number of methoxy groups -OCH3 is 1. The average Bonchev–Trinajstić information content (AvgIpc) is 2.29. The number of ether oxygens (including phenoxy) is 2. The van der Waals surface area contributed by atoms with Gasteiger partial charge < -0.3 is 20.2 Å². The molecular weight excluding hydrogens is 257 g/mol. The fraction of sp³-hybridized carbons (Fsp3) is 0.333. The van der Waals surface area contributed by atoms with E-state index >= 15 is 0 Å². The third-order valence-electron chi connectivity index (χ3n) is 1.94. The Labute approximate surface area is 98.5 Å². The van der Waals surface area contributed by atoms with E-state index in [2.05, 4.69) is 14.5 Å². The Hall–Kier alpha value is -2.03. The zero-order chi connectivity index (χ0) is 13.9. The first-order valence-corrected chi connectivity index (χ1v) is 4.58. The number of aromatic amines is 1. The molecule has 0 aliphatic heterocycles. The molecule has 0 radical (unpaired) electrons. The average molecular weight is 266 g/mol. The second kappa shape index (κ2) is 5.08. The lowest BCUT2D eigenvalue weighted by molar-refractivity contribution is -0.275. The zero-order valence-electron chi connectivity index (χ0n) is 9.13. The van der Waals surface area contributed by atoms with Gasteiger partial charge in [-0.2, -0.15) is 0 Å².